The minimum Gasteiger partial charge on any atom is -0.493 e. The molecule has 1 atom stereocenters. The van der Waals surface area contributed by atoms with Crippen LogP contribution in [0.15, 0.2) is 12.1 Å². The summed E-state index contributed by atoms with van der Waals surface area (Å²) < 4.78 is 15.1. The van der Waals surface area contributed by atoms with Gasteiger partial charge in [-0.05, 0) is 18.1 Å². The molecular weight excluding hydrogens is 248 g/mol. The van der Waals surface area contributed by atoms with Gasteiger partial charge in [0.05, 0.1) is 19.3 Å². The number of aliphatic hydroxyl groups excluding tert-OH is 1. The molecular formula is C14H18O5. The van der Waals surface area contributed by atoms with E-state index >= 15 is 0 Å². The second-order valence-electron chi connectivity index (χ2n) is 4.40. The van der Waals surface area contributed by atoms with E-state index in [9.17, 15) is 9.90 Å². The summed E-state index contributed by atoms with van der Waals surface area (Å²) in [7, 11) is 2.81. The average Bonchev–Trinajstić information content (AvgIpc) is 2.91. The predicted molar refractivity (Wildman–Crippen MR) is 68.3 cm³/mol. The van der Waals surface area contributed by atoms with Crippen LogP contribution in [0.5, 0.6) is 5.75 Å². The molecule has 0 saturated heterocycles. The highest BCUT2D eigenvalue weighted by Crippen LogP contribution is 2.31. The highest BCUT2D eigenvalue weighted by molar-refractivity contribution is 5.93. The fraction of sp³-hybridized carbons (Fsp3) is 0.500. The van der Waals surface area contributed by atoms with Crippen molar-refractivity contribution in [3.8, 4) is 5.75 Å². The van der Waals surface area contributed by atoms with Crippen LogP contribution in [0.3, 0.4) is 0 Å². The smallest absolute Gasteiger partial charge is 0.338 e. The highest BCUT2D eigenvalue weighted by atomic mass is 16.6. The quantitative estimate of drug-likeness (QED) is 0.643. The third-order valence-electron chi connectivity index (χ3n) is 3.29. The molecule has 5 heteroatoms. The van der Waals surface area contributed by atoms with Crippen molar-refractivity contribution in [2.45, 2.75) is 25.6 Å². The van der Waals surface area contributed by atoms with Crippen molar-refractivity contribution in [2.75, 3.05) is 20.8 Å². The Morgan fingerprint density at radius 2 is 2.26 bits per heavy atom. The summed E-state index contributed by atoms with van der Waals surface area (Å²) in [5, 5.41) is 9.44. The Morgan fingerprint density at radius 3 is 2.95 bits per heavy atom. The molecule has 0 amide bonds. The monoisotopic (exact) mass is 266 g/mol. The molecule has 0 aliphatic carbocycles. The zero-order valence-corrected chi connectivity index (χ0v) is 11.1. The van der Waals surface area contributed by atoms with Gasteiger partial charge in [-0.15, -0.1) is 0 Å². The van der Waals surface area contributed by atoms with E-state index in [1.165, 1.54) is 14.2 Å². The number of carbonyl (C=O) groups is 1. The zero-order valence-electron chi connectivity index (χ0n) is 11.1. The molecule has 0 spiro atoms. The first-order valence-corrected chi connectivity index (χ1v) is 6.24. The van der Waals surface area contributed by atoms with E-state index < -0.39 is 6.29 Å². The molecule has 1 N–H and O–H groups in total. The maximum absolute atomic E-state index is 11.9. The molecule has 1 aromatic carbocycles. The van der Waals surface area contributed by atoms with E-state index in [1.807, 2.05) is 12.1 Å². The molecule has 0 fully saturated rings. The first-order valence-electron chi connectivity index (χ1n) is 6.24. The summed E-state index contributed by atoms with van der Waals surface area (Å²) in [5.74, 6) is 0.390. The van der Waals surface area contributed by atoms with Gasteiger partial charge in [-0.2, -0.15) is 0 Å². The van der Waals surface area contributed by atoms with Crippen molar-refractivity contribution in [3.63, 3.8) is 0 Å². The molecule has 0 aromatic heterocycles. The Balaban J connectivity index is 2.29. The second kappa shape index (κ2) is 6.04. The van der Waals surface area contributed by atoms with Gasteiger partial charge in [-0.25, -0.2) is 4.79 Å². The number of ether oxygens (including phenoxy) is 3. The fourth-order valence-corrected chi connectivity index (χ4v) is 2.29. The molecule has 0 radical (unpaired) electrons. The van der Waals surface area contributed by atoms with Gasteiger partial charge in [0, 0.05) is 25.5 Å². The number of aliphatic hydroxyl groups is 1. The van der Waals surface area contributed by atoms with Crippen LogP contribution in [-0.2, 0) is 22.3 Å². The first kappa shape index (κ1) is 13.8. The lowest BCUT2D eigenvalue weighted by Crippen LogP contribution is -2.13. The molecule has 1 aromatic rings. The Bertz CT molecular complexity index is 469. The second-order valence-corrected chi connectivity index (χ2v) is 4.40. The summed E-state index contributed by atoms with van der Waals surface area (Å²) in [6.45, 7) is 0.587. The van der Waals surface area contributed by atoms with Crippen LogP contribution < -0.4 is 4.74 Å². The van der Waals surface area contributed by atoms with Crippen molar-refractivity contribution in [1.29, 1.82) is 0 Å². The number of hydrogen-bond donors (Lipinski definition) is 1. The largest absolute Gasteiger partial charge is 0.493 e. The van der Waals surface area contributed by atoms with E-state index in [1.54, 1.807) is 0 Å². The maximum atomic E-state index is 11.9. The van der Waals surface area contributed by atoms with Gasteiger partial charge in [-0.3, -0.25) is 0 Å². The first-order chi connectivity index (χ1) is 9.17. The number of fused-ring (bicyclic) bond motifs is 1. The lowest BCUT2D eigenvalue weighted by atomic mass is 9.96. The molecule has 1 heterocycles. The molecule has 0 bridgehead atoms. The zero-order chi connectivity index (χ0) is 13.8. The number of carbonyl (C=O) groups excluding carboxylic acids is 1. The van der Waals surface area contributed by atoms with E-state index in [-0.39, 0.29) is 5.97 Å². The summed E-state index contributed by atoms with van der Waals surface area (Å²) >= 11 is 0. The maximum Gasteiger partial charge on any atom is 0.338 e. The van der Waals surface area contributed by atoms with Crippen molar-refractivity contribution < 1.29 is 24.1 Å². The summed E-state index contributed by atoms with van der Waals surface area (Å²) in [5.41, 5.74) is 2.32. The van der Waals surface area contributed by atoms with Crippen molar-refractivity contribution in [1.82, 2.24) is 0 Å². The Kier molecular flexibility index (Phi) is 4.39. The molecule has 104 valence electrons. The molecule has 1 aliphatic heterocycles. The SMILES string of the molecule is COC(=O)c1c(CCC(O)OC)ccc2c1CCO2. The normalized spacial score (nSPS) is 14.7. The minimum atomic E-state index is -0.824. The van der Waals surface area contributed by atoms with Gasteiger partial charge >= 0.3 is 5.97 Å². The van der Waals surface area contributed by atoms with Crippen LogP contribution in [0.25, 0.3) is 0 Å². The lowest BCUT2D eigenvalue weighted by molar-refractivity contribution is -0.0777. The summed E-state index contributed by atoms with van der Waals surface area (Å²) in [4.78, 5) is 11.9. The van der Waals surface area contributed by atoms with Crippen LogP contribution in [-0.4, -0.2) is 38.2 Å². The number of esters is 1. The molecule has 0 saturated carbocycles. The van der Waals surface area contributed by atoms with Crippen LogP contribution in [0.1, 0.15) is 27.9 Å². The Morgan fingerprint density at radius 1 is 1.47 bits per heavy atom. The molecule has 1 aliphatic rings. The van der Waals surface area contributed by atoms with E-state index in [0.717, 1.165) is 16.9 Å². The predicted octanol–water partition coefficient (Wildman–Crippen LogP) is 1.31. The minimum absolute atomic E-state index is 0.357. The van der Waals surface area contributed by atoms with Crippen LogP contribution in [0, 0.1) is 0 Å². The number of methoxy groups -OCH3 is 2. The van der Waals surface area contributed by atoms with Gasteiger partial charge in [-0.1, -0.05) is 6.07 Å². The van der Waals surface area contributed by atoms with Gasteiger partial charge in [0.15, 0.2) is 6.29 Å². The van der Waals surface area contributed by atoms with Crippen molar-refractivity contribution in [2.24, 2.45) is 0 Å². The third kappa shape index (κ3) is 2.88. The lowest BCUT2D eigenvalue weighted by Gasteiger charge is -2.13. The number of aryl methyl sites for hydroxylation is 1. The van der Waals surface area contributed by atoms with Crippen LogP contribution >= 0.6 is 0 Å². The molecule has 5 nitrogen and oxygen atoms in total. The summed E-state index contributed by atoms with van der Waals surface area (Å²) in [6, 6.07) is 3.71. The molecule has 19 heavy (non-hydrogen) atoms. The van der Waals surface area contributed by atoms with E-state index in [2.05, 4.69) is 0 Å². The van der Waals surface area contributed by atoms with Gasteiger partial charge < -0.3 is 19.3 Å². The van der Waals surface area contributed by atoms with Gasteiger partial charge in [0.1, 0.15) is 5.75 Å². The van der Waals surface area contributed by atoms with Crippen LogP contribution in [0.2, 0.25) is 0 Å². The van der Waals surface area contributed by atoms with E-state index in [0.29, 0.717) is 31.4 Å². The van der Waals surface area contributed by atoms with Gasteiger partial charge in [0.2, 0.25) is 0 Å². The third-order valence-corrected chi connectivity index (χ3v) is 3.29. The highest BCUT2D eigenvalue weighted by Gasteiger charge is 2.24. The van der Waals surface area contributed by atoms with Crippen molar-refractivity contribution in [3.05, 3.63) is 28.8 Å². The number of hydrogen-bond acceptors (Lipinski definition) is 5. The van der Waals surface area contributed by atoms with E-state index in [4.69, 9.17) is 14.2 Å². The fourth-order valence-electron chi connectivity index (χ4n) is 2.29. The Hall–Kier alpha value is -1.59. The molecule has 1 unspecified atom stereocenters. The number of benzene rings is 1. The van der Waals surface area contributed by atoms with Gasteiger partial charge in [0.25, 0.3) is 0 Å². The number of rotatable bonds is 5. The van der Waals surface area contributed by atoms with Crippen molar-refractivity contribution >= 4 is 5.97 Å². The Labute approximate surface area is 112 Å². The van der Waals surface area contributed by atoms with Crippen LogP contribution in [0.4, 0.5) is 0 Å². The average molecular weight is 266 g/mol. The topological polar surface area (TPSA) is 65.0 Å². The molecule has 2 rings (SSSR count). The summed E-state index contributed by atoms with van der Waals surface area (Å²) in [6.07, 6.45) is 0.864. The standard InChI is InChI=1S/C14H18O5/c1-17-12(15)6-4-9-3-5-11-10(7-8-19-11)13(9)14(16)18-2/h3,5,12,15H,4,6-8H2,1-2H3.